The van der Waals surface area contributed by atoms with Crippen LogP contribution in [0.15, 0.2) is 24.3 Å². The Bertz CT molecular complexity index is 361. The van der Waals surface area contributed by atoms with Gasteiger partial charge in [-0.1, -0.05) is 0 Å². The molecule has 0 heterocycles. The highest BCUT2D eigenvalue weighted by Crippen LogP contribution is 2.10. The van der Waals surface area contributed by atoms with Crippen LogP contribution in [0.25, 0.3) is 6.08 Å². The van der Waals surface area contributed by atoms with E-state index in [2.05, 4.69) is 0 Å². The number of carbonyl (C=O) groups excluding carboxylic acids is 1. The monoisotopic (exact) mass is 183 g/mol. The maximum absolute atomic E-state index is 12.9. The Kier molecular flexibility index (Phi) is 2.74. The Hall–Kier alpha value is -1.71. The van der Waals surface area contributed by atoms with Gasteiger partial charge < -0.3 is 5.73 Å². The molecule has 0 saturated carbocycles. The number of rotatable bonds is 2. The molecule has 0 saturated heterocycles. The van der Waals surface area contributed by atoms with Gasteiger partial charge in [0.15, 0.2) is 0 Å². The number of nitrogens with two attached hydrogens (primary N) is 1. The van der Waals surface area contributed by atoms with E-state index in [1.54, 1.807) is 0 Å². The minimum atomic E-state index is -0.705. The Morgan fingerprint density at radius 3 is 2.69 bits per heavy atom. The van der Waals surface area contributed by atoms with Gasteiger partial charge in [-0.05, 0) is 24.3 Å². The number of halogens is 2. The van der Waals surface area contributed by atoms with Gasteiger partial charge in [0.2, 0.25) is 5.91 Å². The predicted octanol–water partition coefficient (Wildman–Crippen LogP) is 1.46. The highest BCUT2D eigenvalue weighted by atomic mass is 19.1. The normalized spacial score (nSPS) is 10.6. The number of benzene rings is 1. The molecule has 0 bridgehead atoms. The lowest BCUT2D eigenvalue weighted by Crippen LogP contribution is -2.05. The quantitative estimate of drug-likeness (QED) is 0.693. The second kappa shape index (κ2) is 3.80. The van der Waals surface area contributed by atoms with Crippen LogP contribution in [0.2, 0.25) is 0 Å². The first kappa shape index (κ1) is 9.38. The molecule has 0 aliphatic rings. The average Bonchev–Trinajstić information content (AvgIpc) is 2.06. The molecule has 0 atom stereocenters. The van der Waals surface area contributed by atoms with Crippen LogP contribution < -0.4 is 5.73 Å². The summed E-state index contributed by atoms with van der Waals surface area (Å²) in [6, 6.07) is 2.96. The van der Waals surface area contributed by atoms with Gasteiger partial charge in [-0.25, -0.2) is 8.78 Å². The fourth-order valence-electron chi connectivity index (χ4n) is 0.814. The first-order chi connectivity index (χ1) is 6.09. The van der Waals surface area contributed by atoms with Crippen LogP contribution in [0.1, 0.15) is 5.56 Å². The van der Waals surface area contributed by atoms with Crippen molar-refractivity contribution in [2.45, 2.75) is 0 Å². The van der Waals surface area contributed by atoms with Gasteiger partial charge >= 0.3 is 0 Å². The van der Waals surface area contributed by atoms with Crippen LogP contribution in [0, 0.1) is 11.6 Å². The number of carbonyl (C=O) groups is 1. The van der Waals surface area contributed by atoms with Crippen LogP contribution in [0.5, 0.6) is 0 Å². The fourth-order valence-corrected chi connectivity index (χ4v) is 0.814. The zero-order chi connectivity index (χ0) is 9.84. The Labute approximate surface area is 73.7 Å². The lowest BCUT2D eigenvalue weighted by atomic mass is 10.2. The second-order valence-electron chi connectivity index (χ2n) is 2.40. The summed E-state index contributed by atoms with van der Waals surface area (Å²) in [6.07, 6.45) is 2.10. The van der Waals surface area contributed by atoms with Crippen molar-refractivity contribution in [3.8, 4) is 0 Å². The molecule has 4 heteroatoms. The van der Waals surface area contributed by atoms with E-state index in [0.717, 1.165) is 30.4 Å². The minimum absolute atomic E-state index is 0.00111. The summed E-state index contributed by atoms with van der Waals surface area (Å²) in [5.41, 5.74) is 4.79. The van der Waals surface area contributed by atoms with E-state index in [1.807, 2.05) is 0 Å². The summed E-state index contributed by atoms with van der Waals surface area (Å²) in [7, 11) is 0. The van der Waals surface area contributed by atoms with Crippen molar-refractivity contribution in [1.82, 2.24) is 0 Å². The summed E-state index contributed by atoms with van der Waals surface area (Å²) in [5.74, 6) is -1.87. The highest BCUT2D eigenvalue weighted by Gasteiger charge is 1.99. The number of hydrogen-bond donors (Lipinski definition) is 1. The zero-order valence-electron chi connectivity index (χ0n) is 6.63. The molecular formula is C9H7F2NO. The Balaban J connectivity index is 3.00. The largest absolute Gasteiger partial charge is 0.366 e. The van der Waals surface area contributed by atoms with Crippen LogP contribution in [0.4, 0.5) is 8.78 Å². The number of primary amides is 1. The molecule has 2 N–H and O–H groups in total. The van der Waals surface area contributed by atoms with Crippen molar-refractivity contribution in [3.63, 3.8) is 0 Å². The van der Waals surface area contributed by atoms with Crippen molar-refractivity contribution in [2.24, 2.45) is 5.73 Å². The molecule has 0 spiro atoms. The summed E-state index contributed by atoms with van der Waals surface area (Å²) in [4.78, 5) is 10.3. The van der Waals surface area contributed by atoms with E-state index >= 15 is 0 Å². The van der Waals surface area contributed by atoms with Gasteiger partial charge in [0.1, 0.15) is 11.6 Å². The molecule has 1 rings (SSSR count). The average molecular weight is 183 g/mol. The predicted molar refractivity (Wildman–Crippen MR) is 44.6 cm³/mol. The second-order valence-corrected chi connectivity index (χ2v) is 2.40. The first-order valence-electron chi connectivity index (χ1n) is 3.52. The molecule has 0 unspecified atom stereocenters. The van der Waals surface area contributed by atoms with Gasteiger partial charge in [-0.15, -0.1) is 0 Å². The molecule has 0 aromatic heterocycles. The zero-order valence-corrected chi connectivity index (χ0v) is 6.63. The van der Waals surface area contributed by atoms with Crippen molar-refractivity contribution in [3.05, 3.63) is 41.5 Å². The molecule has 2 nitrogen and oxygen atoms in total. The molecule has 0 radical (unpaired) electrons. The lowest BCUT2D eigenvalue weighted by molar-refractivity contribution is -0.113. The SMILES string of the molecule is NC(=O)/C=C/c1cc(F)ccc1F. The number of hydrogen-bond acceptors (Lipinski definition) is 1. The summed E-state index contributed by atoms with van der Waals surface area (Å²) in [6.45, 7) is 0. The molecule has 1 aromatic carbocycles. The molecule has 0 aliphatic heterocycles. The van der Waals surface area contributed by atoms with Crippen molar-refractivity contribution < 1.29 is 13.6 Å². The van der Waals surface area contributed by atoms with E-state index < -0.39 is 17.5 Å². The van der Waals surface area contributed by atoms with Crippen molar-refractivity contribution in [1.29, 1.82) is 0 Å². The van der Waals surface area contributed by atoms with Crippen LogP contribution in [-0.2, 0) is 4.79 Å². The minimum Gasteiger partial charge on any atom is -0.366 e. The van der Waals surface area contributed by atoms with Gasteiger partial charge in [0.25, 0.3) is 0 Å². The topological polar surface area (TPSA) is 43.1 Å². The summed E-state index contributed by atoms with van der Waals surface area (Å²) in [5, 5.41) is 0. The van der Waals surface area contributed by atoms with Crippen LogP contribution >= 0.6 is 0 Å². The van der Waals surface area contributed by atoms with E-state index in [-0.39, 0.29) is 5.56 Å². The van der Waals surface area contributed by atoms with Gasteiger partial charge in [-0.3, -0.25) is 4.79 Å². The summed E-state index contributed by atoms with van der Waals surface area (Å²) >= 11 is 0. The molecular weight excluding hydrogens is 176 g/mol. The Morgan fingerprint density at radius 1 is 1.38 bits per heavy atom. The van der Waals surface area contributed by atoms with Crippen LogP contribution in [0.3, 0.4) is 0 Å². The third-order valence-electron chi connectivity index (χ3n) is 1.39. The standard InChI is InChI=1S/C9H7F2NO/c10-7-2-3-8(11)6(5-7)1-4-9(12)13/h1-5H,(H2,12,13)/b4-1+. The third kappa shape index (κ3) is 2.66. The first-order valence-corrected chi connectivity index (χ1v) is 3.52. The van der Waals surface area contributed by atoms with Crippen LogP contribution in [-0.4, -0.2) is 5.91 Å². The smallest absolute Gasteiger partial charge is 0.241 e. The van der Waals surface area contributed by atoms with Crippen molar-refractivity contribution >= 4 is 12.0 Å². The fraction of sp³-hybridized carbons (Fsp3) is 0. The van der Waals surface area contributed by atoms with Gasteiger partial charge in [-0.2, -0.15) is 0 Å². The molecule has 0 aliphatic carbocycles. The number of amides is 1. The van der Waals surface area contributed by atoms with E-state index in [9.17, 15) is 13.6 Å². The summed E-state index contributed by atoms with van der Waals surface area (Å²) < 4.78 is 25.4. The third-order valence-corrected chi connectivity index (χ3v) is 1.39. The molecule has 0 fully saturated rings. The maximum Gasteiger partial charge on any atom is 0.241 e. The Morgan fingerprint density at radius 2 is 2.08 bits per heavy atom. The highest BCUT2D eigenvalue weighted by molar-refractivity contribution is 5.90. The van der Waals surface area contributed by atoms with E-state index in [0.29, 0.717) is 0 Å². The molecule has 68 valence electrons. The lowest BCUT2D eigenvalue weighted by Gasteiger charge is -1.95. The molecule has 13 heavy (non-hydrogen) atoms. The van der Waals surface area contributed by atoms with E-state index in [1.165, 1.54) is 0 Å². The molecule has 1 amide bonds. The molecule has 1 aromatic rings. The van der Waals surface area contributed by atoms with E-state index in [4.69, 9.17) is 5.73 Å². The maximum atomic E-state index is 12.9. The van der Waals surface area contributed by atoms with Gasteiger partial charge in [0.05, 0.1) is 0 Å². The van der Waals surface area contributed by atoms with Crippen molar-refractivity contribution in [2.75, 3.05) is 0 Å². The van der Waals surface area contributed by atoms with Gasteiger partial charge in [0, 0.05) is 11.6 Å².